The Balaban J connectivity index is 2.07. The van der Waals surface area contributed by atoms with E-state index in [1.807, 2.05) is 0 Å². The zero-order valence-corrected chi connectivity index (χ0v) is 11.5. The van der Waals surface area contributed by atoms with Crippen LogP contribution in [0.15, 0.2) is 0 Å². The Kier molecular flexibility index (Phi) is 7.96. The van der Waals surface area contributed by atoms with Gasteiger partial charge < -0.3 is 10.4 Å². The van der Waals surface area contributed by atoms with Gasteiger partial charge >= 0.3 is 0 Å². The van der Waals surface area contributed by atoms with E-state index in [4.69, 9.17) is 5.11 Å². The smallest absolute Gasteiger partial charge is 0.234 e. The summed E-state index contributed by atoms with van der Waals surface area (Å²) in [5, 5.41) is 11.8. The number of nitrogens with one attached hydrogen (secondary N) is 1. The van der Waals surface area contributed by atoms with Gasteiger partial charge in [0.05, 0.1) is 13.2 Å². The summed E-state index contributed by atoms with van der Waals surface area (Å²) in [4.78, 5) is 16.1. The van der Waals surface area contributed by atoms with Crippen LogP contribution in [0.2, 0.25) is 0 Å². The van der Waals surface area contributed by atoms with Crippen LogP contribution in [-0.2, 0) is 4.79 Å². The van der Waals surface area contributed by atoms with Crippen molar-refractivity contribution in [1.29, 1.82) is 0 Å². The zero-order chi connectivity index (χ0) is 13.2. The van der Waals surface area contributed by atoms with E-state index >= 15 is 0 Å². The minimum atomic E-state index is 0.140. The Hall–Kier alpha value is -0.650. The maximum Gasteiger partial charge on any atom is 0.234 e. The lowest BCUT2D eigenvalue weighted by Crippen LogP contribution is -2.50. The van der Waals surface area contributed by atoms with Gasteiger partial charge in [0.1, 0.15) is 0 Å². The summed E-state index contributed by atoms with van der Waals surface area (Å²) in [6.07, 6.45) is 3.44. The second-order valence-corrected chi connectivity index (χ2v) is 4.90. The van der Waals surface area contributed by atoms with Crippen molar-refractivity contribution < 1.29 is 9.90 Å². The molecule has 1 aliphatic heterocycles. The van der Waals surface area contributed by atoms with Crippen LogP contribution in [0.3, 0.4) is 0 Å². The fourth-order valence-electron chi connectivity index (χ4n) is 2.17. The van der Waals surface area contributed by atoms with Crippen LogP contribution in [-0.4, -0.2) is 73.2 Å². The van der Waals surface area contributed by atoms with Gasteiger partial charge in [-0.25, -0.2) is 0 Å². The van der Waals surface area contributed by atoms with Crippen LogP contribution in [0, 0.1) is 0 Å². The molecule has 106 valence electrons. The van der Waals surface area contributed by atoms with E-state index in [0.29, 0.717) is 6.54 Å². The van der Waals surface area contributed by atoms with Crippen LogP contribution in [0.1, 0.15) is 26.2 Å². The summed E-state index contributed by atoms with van der Waals surface area (Å²) in [6.45, 7) is 8.18. The first-order valence-corrected chi connectivity index (χ1v) is 7.08. The summed E-state index contributed by atoms with van der Waals surface area (Å²) < 4.78 is 0. The standard InChI is InChI=1S/C13H27N3O2/c1-2-3-4-5-14-13(18)12-16-8-6-15(7-9-16)10-11-17/h17H,2-12H2,1H3,(H,14,18). The van der Waals surface area contributed by atoms with Crippen molar-refractivity contribution >= 4 is 5.91 Å². The van der Waals surface area contributed by atoms with Gasteiger partial charge in [0.2, 0.25) is 5.91 Å². The quantitative estimate of drug-likeness (QED) is 0.596. The topological polar surface area (TPSA) is 55.8 Å². The minimum absolute atomic E-state index is 0.140. The third kappa shape index (κ3) is 6.33. The van der Waals surface area contributed by atoms with Crippen molar-refractivity contribution in [2.24, 2.45) is 0 Å². The maximum absolute atomic E-state index is 11.7. The molecular weight excluding hydrogens is 230 g/mol. The number of piperazine rings is 1. The minimum Gasteiger partial charge on any atom is -0.395 e. The zero-order valence-electron chi connectivity index (χ0n) is 11.5. The van der Waals surface area contributed by atoms with Crippen molar-refractivity contribution in [2.75, 3.05) is 52.4 Å². The Morgan fingerprint density at radius 2 is 1.83 bits per heavy atom. The molecule has 0 aromatic carbocycles. The molecule has 18 heavy (non-hydrogen) atoms. The fourth-order valence-corrected chi connectivity index (χ4v) is 2.17. The molecule has 0 unspecified atom stereocenters. The largest absolute Gasteiger partial charge is 0.395 e. The number of rotatable bonds is 8. The normalized spacial score (nSPS) is 17.9. The molecule has 0 aliphatic carbocycles. The number of hydrogen-bond acceptors (Lipinski definition) is 4. The van der Waals surface area contributed by atoms with Crippen molar-refractivity contribution in [2.45, 2.75) is 26.2 Å². The summed E-state index contributed by atoms with van der Waals surface area (Å²) in [6, 6.07) is 0. The van der Waals surface area contributed by atoms with Crippen LogP contribution >= 0.6 is 0 Å². The Labute approximate surface area is 110 Å². The van der Waals surface area contributed by atoms with Gasteiger partial charge in [-0.3, -0.25) is 14.6 Å². The van der Waals surface area contributed by atoms with Gasteiger partial charge in [0.15, 0.2) is 0 Å². The fraction of sp³-hybridized carbons (Fsp3) is 0.923. The van der Waals surface area contributed by atoms with E-state index < -0.39 is 0 Å². The highest BCUT2D eigenvalue weighted by molar-refractivity contribution is 5.77. The molecule has 1 fully saturated rings. The summed E-state index contributed by atoms with van der Waals surface area (Å²) in [5.41, 5.74) is 0. The van der Waals surface area contributed by atoms with Crippen LogP contribution in [0.4, 0.5) is 0 Å². The van der Waals surface area contributed by atoms with Crippen LogP contribution < -0.4 is 5.32 Å². The van der Waals surface area contributed by atoms with Crippen molar-refractivity contribution in [3.8, 4) is 0 Å². The highest BCUT2D eigenvalue weighted by Crippen LogP contribution is 2.00. The predicted octanol–water partition coefficient (Wildman–Crippen LogP) is -0.0973. The highest BCUT2D eigenvalue weighted by Gasteiger charge is 2.17. The molecular formula is C13H27N3O2. The summed E-state index contributed by atoms with van der Waals surface area (Å²) >= 11 is 0. The average molecular weight is 257 g/mol. The van der Waals surface area contributed by atoms with E-state index in [-0.39, 0.29) is 12.5 Å². The molecule has 5 nitrogen and oxygen atoms in total. The monoisotopic (exact) mass is 257 g/mol. The number of hydrogen-bond donors (Lipinski definition) is 2. The number of carbonyl (C=O) groups excluding carboxylic acids is 1. The maximum atomic E-state index is 11.7. The Morgan fingerprint density at radius 3 is 2.44 bits per heavy atom. The molecule has 2 N–H and O–H groups in total. The molecule has 5 heteroatoms. The lowest BCUT2D eigenvalue weighted by molar-refractivity contribution is -0.122. The average Bonchev–Trinajstić information content (AvgIpc) is 2.37. The number of nitrogens with zero attached hydrogens (tertiary/aromatic N) is 2. The van der Waals surface area contributed by atoms with E-state index in [0.717, 1.165) is 45.7 Å². The van der Waals surface area contributed by atoms with Gasteiger partial charge in [-0.2, -0.15) is 0 Å². The van der Waals surface area contributed by atoms with E-state index in [9.17, 15) is 4.79 Å². The molecule has 1 rings (SSSR count). The molecule has 0 radical (unpaired) electrons. The van der Waals surface area contributed by atoms with E-state index in [1.54, 1.807) is 0 Å². The number of carbonyl (C=O) groups is 1. The molecule has 0 aromatic rings. The molecule has 1 amide bonds. The van der Waals surface area contributed by atoms with Crippen molar-refractivity contribution in [1.82, 2.24) is 15.1 Å². The van der Waals surface area contributed by atoms with Gasteiger partial charge in [-0.05, 0) is 6.42 Å². The first-order valence-electron chi connectivity index (χ1n) is 7.08. The first kappa shape index (κ1) is 15.4. The molecule has 0 bridgehead atoms. The van der Waals surface area contributed by atoms with E-state index in [2.05, 4.69) is 22.0 Å². The Bertz CT molecular complexity index is 228. The summed E-state index contributed by atoms with van der Waals surface area (Å²) in [7, 11) is 0. The molecule has 1 aliphatic rings. The van der Waals surface area contributed by atoms with Crippen molar-refractivity contribution in [3.05, 3.63) is 0 Å². The van der Waals surface area contributed by atoms with Gasteiger partial charge in [-0.1, -0.05) is 19.8 Å². The van der Waals surface area contributed by atoms with E-state index in [1.165, 1.54) is 12.8 Å². The molecule has 0 aromatic heterocycles. The molecule has 0 spiro atoms. The van der Waals surface area contributed by atoms with Gasteiger partial charge in [0.25, 0.3) is 0 Å². The second-order valence-electron chi connectivity index (χ2n) is 4.90. The molecule has 0 atom stereocenters. The molecule has 0 saturated carbocycles. The highest BCUT2D eigenvalue weighted by atomic mass is 16.3. The first-order chi connectivity index (χ1) is 8.76. The van der Waals surface area contributed by atoms with Gasteiger partial charge in [-0.15, -0.1) is 0 Å². The number of aliphatic hydroxyl groups excluding tert-OH is 1. The van der Waals surface area contributed by atoms with Gasteiger partial charge in [0, 0.05) is 39.3 Å². The number of amides is 1. The third-order valence-corrected chi connectivity index (χ3v) is 3.35. The second kappa shape index (κ2) is 9.30. The van der Waals surface area contributed by atoms with Crippen molar-refractivity contribution in [3.63, 3.8) is 0 Å². The Morgan fingerprint density at radius 1 is 1.17 bits per heavy atom. The molecule has 1 saturated heterocycles. The molecule has 1 heterocycles. The number of aliphatic hydroxyl groups is 1. The summed E-state index contributed by atoms with van der Waals surface area (Å²) in [5.74, 6) is 0.140. The third-order valence-electron chi connectivity index (χ3n) is 3.35. The number of unbranched alkanes of at least 4 members (excludes halogenated alkanes) is 2. The number of β-amino-alcohol motifs (C(OH)–C–C–N with tert-alkyl or cyclic N) is 1. The van der Waals surface area contributed by atoms with Crippen LogP contribution in [0.5, 0.6) is 0 Å². The van der Waals surface area contributed by atoms with Crippen LogP contribution in [0.25, 0.3) is 0 Å². The SMILES string of the molecule is CCCCCNC(=O)CN1CCN(CCO)CC1. The predicted molar refractivity (Wildman–Crippen MR) is 72.5 cm³/mol. The lowest BCUT2D eigenvalue weighted by Gasteiger charge is -2.33. The lowest BCUT2D eigenvalue weighted by atomic mass is 10.2.